The van der Waals surface area contributed by atoms with Gasteiger partial charge in [0, 0.05) is 5.46 Å². The van der Waals surface area contributed by atoms with Crippen LogP contribution in [-0.2, 0) is 4.74 Å². The van der Waals surface area contributed by atoms with Crippen LogP contribution in [0.4, 0.5) is 10.6 Å². The average molecular weight is 263 g/mol. The highest BCUT2D eigenvalue weighted by Gasteiger charge is 2.22. The predicted molar refractivity (Wildman–Crippen MR) is 68.6 cm³/mol. The van der Waals surface area contributed by atoms with Gasteiger partial charge < -0.3 is 14.8 Å². The molecule has 1 heterocycles. The molecule has 1 rings (SSSR count). The van der Waals surface area contributed by atoms with Crippen molar-refractivity contribution in [2.24, 2.45) is 0 Å². The van der Waals surface area contributed by atoms with E-state index in [0.29, 0.717) is 0 Å². The second-order valence-corrected chi connectivity index (χ2v) is 4.75. The van der Waals surface area contributed by atoms with Crippen LogP contribution < -0.4 is 10.8 Å². The number of rotatable bonds is 2. The Hall–Kier alpha value is -2.11. The lowest BCUT2D eigenvalue weighted by Gasteiger charge is -2.20. The molecule has 1 amide bonds. The summed E-state index contributed by atoms with van der Waals surface area (Å²) in [6, 6.07) is 4.40. The van der Waals surface area contributed by atoms with Gasteiger partial charge in [-0.3, -0.25) is 5.32 Å². The van der Waals surface area contributed by atoms with E-state index in [1.54, 1.807) is 26.8 Å². The van der Waals surface area contributed by atoms with Gasteiger partial charge in [-0.2, -0.15) is 5.26 Å². The summed E-state index contributed by atoms with van der Waals surface area (Å²) in [5.41, 5.74) is -0.685. The SMILES string of the molecule is CC(C)(C)OC(=O)Nc1nc(C#N)ccc1B(O)O. The molecule has 1 aromatic heterocycles. The molecule has 19 heavy (non-hydrogen) atoms. The first-order chi connectivity index (χ1) is 8.73. The molecule has 0 bridgehead atoms. The highest BCUT2D eigenvalue weighted by molar-refractivity contribution is 6.60. The molecule has 7 nitrogen and oxygen atoms in total. The maximum absolute atomic E-state index is 11.6. The Morgan fingerprint density at radius 2 is 2.11 bits per heavy atom. The van der Waals surface area contributed by atoms with E-state index in [-0.39, 0.29) is 17.0 Å². The third-order valence-electron chi connectivity index (χ3n) is 1.94. The lowest BCUT2D eigenvalue weighted by Crippen LogP contribution is -2.36. The van der Waals surface area contributed by atoms with Crippen molar-refractivity contribution in [1.82, 2.24) is 4.98 Å². The predicted octanol–water partition coefficient (Wildman–Crippen LogP) is -0.0199. The number of nitriles is 1. The summed E-state index contributed by atoms with van der Waals surface area (Å²) in [5, 5.41) is 29.3. The van der Waals surface area contributed by atoms with E-state index < -0.39 is 18.8 Å². The standard InChI is InChI=1S/C11H14BN3O4/c1-11(2,3)19-10(16)15-9-8(12(17)18)5-4-7(6-13)14-9/h4-5,17-18H,1-3H3,(H,14,15,16). The number of hydrogen-bond acceptors (Lipinski definition) is 6. The molecule has 0 aromatic carbocycles. The lowest BCUT2D eigenvalue weighted by molar-refractivity contribution is 0.0635. The van der Waals surface area contributed by atoms with Crippen LogP contribution in [0.3, 0.4) is 0 Å². The van der Waals surface area contributed by atoms with Gasteiger partial charge in [-0.1, -0.05) is 6.07 Å². The fraction of sp³-hybridized carbons (Fsp3) is 0.364. The second kappa shape index (κ2) is 5.69. The summed E-state index contributed by atoms with van der Waals surface area (Å²) < 4.78 is 5.01. The van der Waals surface area contributed by atoms with E-state index in [1.165, 1.54) is 12.1 Å². The molecule has 0 saturated carbocycles. The number of aromatic nitrogens is 1. The molecule has 3 N–H and O–H groups in total. The van der Waals surface area contributed by atoms with Crippen molar-refractivity contribution in [2.75, 3.05) is 5.32 Å². The van der Waals surface area contributed by atoms with Crippen molar-refractivity contribution in [1.29, 1.82) is 5.26 Å². The Kier molecular flexibility index (Phi) is 4.48. The Morgan fingerprint density at radius 1 is 1.47 bits per heavy atom. The molecule has 0 atom stereocenters. The zero-order valence-corrected chi connectivity index (χ0v) is 10.8. The number of carbonyl (C=O) groups is 1. The first kappa shape index (κ1) is 15.0. The van der Waals surface area contributed by atoms with Crippen LogP contribution in [0.2, 0.25) is 0 Å². The molecule has 0 spiro atoms. The Bertz CT molecular complexity index is 520. The Balaban J connectivity index is 2.98. The zero-order valence-electron chi connectivity index (χ0n) is 10.8. The molecule has 8 heteroatoms. The summed E-state index contributed by atoms with van der Waals surface area (Å²) in [7, 11) is -1.81. The maximum atomic E-state index is 11.6. The largest absolute Gasteiger partial charge is 0.492 e. The first-order valence-electron chi connectivity index (χ1n) is 5.50. The van der Waals surface area contributed by atoms with E-state index in [0.717, 1.165) is 0 Å². The summed E-state index contributed by atoms with van der Waals surface area (Å²) >= 11 is 0. The minimum absolute atomic E-state index is 0.0233. The minimum atomic E-state index is -1.81. The fourth-order valence-corrected chi connectivity index (χ4v) is 1.24. The van der Waals surface area contributed by atoms with Crippen molar-refractivity contribution in [3.8, 4) is 6.07 Å². The molecule has 0 aliphatic heterocycles. The van der Waals surface area contributed by atoms with Gasteiger partial charge in [0.15, 0.2) is 0 Å². The molecular weight excluding hydrogens is 249 g/mol. The normalized spacial score (nSPS) is 10.5. The topological polar surface area (TPSA) is 115 Å². The molecule has 0 radical (unpaired) electrons. The number of ether oxygens (including phenoxy) is 1. The summed E-state index contributed by atoms with van der Waals surface area (Å²) in [4.78, 5) is 15.4. The quantitative estimate of drug-likeness (QED) is 0.646. The minimum Gasteiger partial charge on any atom is -0.444 e. The van der Waals surface area contributed by atoms with E-state index in [1.807, 2.05) is 0 Å². The number of anilines is 1. The van der Waals surface area contributed by atoms with Gasteiger partial charge in [0.25, 0.3) is 0 Å². The molecule has 0 fully saturated rings. The van der Waals surface area contributed by atoms with Crippen LogP contribution in [0.15, 0.2) is 12.1 Å². The maximum Gasteiger partial charge on any atom is 0.492 e. The molecule has 100 valence electrons. The lowest BCUT2D eigenvalue weighted by atomic mass is 9.80. The second-order valence-electron chi connectivity index (χ2n) is 4.75. The van der Waals surface area contributed by atoms with Crippen LogP contribution in [0, 0.1) is 11.3 Å². The van der Waals surface area contributed by atoms with Crippen molar-refractivity contribution in [3.63, 3.8) is 0 Å². The number of nitrogens with one attached hydrogen (secondary N) is 1. The van der Waals surface area contributed by atoms with Gasteiger partial charge in [0.1, 0.15) is 23.2 Å². The summed E-state index contributed by atoms with van der Waals surface area (Å²) in [5.74, 6) is -0.122. The van der Waals surface area contributed by atoms with Crippen LogP contribution in [0.25, 0.3) is 0 Å². The van der Waals surface area contributed by atoms with E-state index in [2.05, 4.69) is 10.3 Å². The number of nitrogens with zero attached hydrogens (tertiary/aromatic N) is 2. The van der Waals surface area contributed by atoms with Gasteiger partial charge in [-0.15, -0.1) is 0 Å². The third kappa shape index (κ3) is 4.58. The number of hydrogen-bond donors (Lipinski definition) is 3. The van der Waals surface area contributed by atoms with E-state index in [4.69, 9.17) is 20.0 Å². The van der Waals surface area contributed by atoms with Crippen molar-refractivity contribution in [2.45, 2.75) is 26.4 Å². The van der Waals surface area contributed by atoms with E-state index in [9.17, 15) is 4.79 Å². The summed E-state index contributed by atoms with van der Waals surface area (Å²) in [6.45, 7) is 5.06. The van der Waals surface area contributed by atoms with Crippen molar-refractivity contribution < 1.29 is 19.6 Å². The van der Waals surface area contributed by atoms with Gasteiger partial charge in [-0.05, 0) is 26.8 Å². The molecule has 0 aliphatic carbocycles. The zero-order chi connectivity index (χ0) is 14.6. The smallest absolute Gasteiger partial charge is 0.444 e. The van der Waals surface area contributed by atoms with Crippen molar-refractivity contribution >= 4 is 24.5 Å². The molecule has 0 saturated heterocycles. The van der Waals surface area contributed by atoms with Crippen LogP contribution >= 0.6 is 0 Å². The highest BCUT2D eigenvalue weighted by Crippen LogP contribution is 2.09. The number of amides is 1. The van der Waals surface area contributed by atoms with Crippen LogP contribution in [0.1, 0.15) is 26.5 Å². The van der Waals surface area contributed by atoms with Gasteiger partial charge in [0.2, 0.25) is 0 Å². The fourth-order valence-electron chi connectivity index (χ4n) is 1.24. The monoisotopic (exact) mass is 263 g/mol. The summed E-state index contributed by atoms with van der Waals surface area (Å²) in [6.07, 6.45) is -0.794. The number of carbonyl (C=O) groups excluding carboxylic acids is 1. The Labute approximate surface area is 111 Å². The first-order valence-corrected chi connectivity index (χ1v) is 5.50. The van der Waals surface area contributed by atoms with Gasteiger partial charge >= 0.3 is 13.2 Å². The van der Waals surface area contributed by atoms with Crippen molar-refractivity contribution in [3.05, 3.63) is 17.8 Å². The van der Waals surface area contributed by atoms with Gasteiger partial charge in [-0.25, -0.2) is 9.78 Å². The number of pyridine rings is 1. The molecular formula is C11H14BN3O4. The van der Waals surface area contributed by atoms with Gasteiger partial charge in [0.05, 0.1) is 0 Å². The third-order valence-corrected chi connectivity index (χ3v) is 1.94. The van der Waals surface area contributed by atoms with E-state index >= 15 is 0 Å². The van der Waals surface area contributed by atoms with Crippen LogP contribution in [-0.4, -0.2) is 33.8 Å². The Morgan fingerprint density at radius 3 is 2.58 bits per heavy atom. The average Bonchev–Trinajstić information content (AvgIpc) is 2.25. The molecule has 1 aromatic rings. The molecule has 0 aliphatic rings. The molecule has 0 unspecified atom stereocenters. The van der Waals surface area contributed by atoms with Crippen LogP contribution in [0.5, 0.6) is 0 Å². The highest BCUT2D eigenvalue weighted by atomic mass is 16.6.